The molecule has 0 bridgehead atoms. The molecule has 0 aromatic heterocycles. The molecule has 1 N–H and O–H groups in total. The van der Waals surface area contributed by atoms with Gasteiger partial charge >= 0.3 is 6.09 Å². The van der Waals surface area contributed by atoms with Gasteiger partial charge in [0.2, 0.25) is 0 Å². The van der Waals surface area contributed by atoms with Gasteiger partial charge in [-0.15, -0.1) is 0 Å². The highest BCUT2D eigenvalue weighted by molar-refractivity contribution is 5.70. The Bertz CT molecular complexity index is 533. The molecule has 2 saturated heterocycles. The van der Waals surface area contributed by atoms with E-state index < -0.39 is 18.0 Å². The van der Waals surface area contributed by atoms with E-state index in [2.05, 4.69) is 0 Å². The van der Waals surface area contributed by atoms with Gasteiger partial charge in [0.25, 0.3) is 0 Å². The van der Waals surface area contributed by atoms with Crippen molar-refractivity contribution in [1.82, 2.24) is 4.90 Å². The molecule has 1 amide bonds. The normalized spacial score (nSPS) is 30.6. The first-order valence-electron chi connectivity index (χ1n) is 7.44. The average Bonchev–Trinajstić information content (AvgIpc) is 3.00. The lowest BCUT2D eigenvalue weighted by Gasteiger charge is -2.28. The molecule has 2 fully saturated rings. The summed E-state index contributed by atoms with van der Waals surface area (Å²) < 4.78 is 16.8. The van der Waals surface area contributed by atoms with Gasteiger partial charge in [-0.25, -0.2) is 4.79 Å². The number of rotatable bonds is 4. The van der Waals surface area contributed by atoms with Crippen molar-refractivity contribution < 1.29 is 24.1 Å². The molecule has 22 heavy (non-hydrogen) atoms. The molecule has 2 heterocycles. The van der Waals surface area contributed by atoms with Gasteiger partial charge in [-0.1, -0.05) is 30.3 Å². The second kappa shape index (κ2) is 5.87. The molecular weight excluding hydrogens is 286 g/mol. The fourth-order valence-corrected chi connectivity index (χ4v) is 3.03. The van der Waals surface area contributed by atoms with Gasteiger partial charge in [-0.05, 0) is 19.4 Å². The van der Waals surface area contributed by atoms with Crippen molar-refractivity contribution in [1.29, 1.82) is 0 Å². The maximum Gasteiger partial charge on any atom is 0.410 e. The lowest BCUT2D eigenvalue weighted by molar-refractivity contribution is -0.152. The first-order valence-corrected chi connectivity index (χ1v) is 7.44. The van der Waals surface area contributed by atoms with Crippen molar-refractivity contribution in [3.05, 3.63) is 35.9 Å². The third kappa shape index (κ3) is 2.95. The molecule has 1 aromatic carbocycles. The quantitative estimate of drug-likeness (QED) is 0.913. The summed E-state index contributed by atoms with van der Waals surface area (Å²) in [4.78, 5) is 13.7. The maximum absolute atomic E-state index is 12.0. The van der Waals surface area contributed by atoms with Gasteiger partial charge < -0.3 is 19.3 Å². The lowest BCUT2D eigenvalue weighted by Crippen LogP contribution is -2.47. The predicted molar refractivity (Wildman–Crippen MR) is 78.0 cm³/mol. The summed E-state index contributed by atoms with van der Waals surface area (Å²) in [6, 6.07) is 9.44. The van der Waals surface area contributed by atoms with Gasteiger partial charge in [-0.2, -0.15) is 0 Å². The van der Waals surface area contributed by atoms with Crippen molar-refractivity contribution in [3.63, 3.8) is 0 Å². The molecular formula is C16H21NO5. The smallest absolute Gasteiger partial charge is 0.410 e. The van der Waals surface area contributed by atoms with Crippen LogP contribution in [0.2, 0.25) is 0 Å². The summed E-state index contributed by atoms with van der Waals surface area (Å²) >= 11 is 0. The standard InChI is InChI=1S/C16H21NO5/c1-16(2)21-13(9-18)14(22-16)12-10-20-15(19)17(12)8-11-6-4-3-5-7-11/h3-7,12-14,18H,8-10H2,1-2H3/t12-,13-,14-/m1/s1. The molecule has 3 rings (SSSR count). The number of carbonyl (C=O) groups excluding carboxylic acids is 1. The number of aliphatic hydroxyl groups excluding tert-OH is 1. The monoisotopic (exact) mass is 307 g/mol. The Morgan fingerprint density at radius 1 is 1.27 bits per heavy atom. The highest BCUT2D eigenvalue weighted by Crippen LogP contribution is 2.33. The number of hydrogen-bond donors (Lipinski definition) is 1. The van der Waals surface area contributed by atoms with Crippen LogP contribution in [0.5, 0.6) is 0 Å². The van der Waals surface area contributed by atoms with E-state index in [4.69, 9.17) is 14.2 Å². The Labute approximate surface area is 129 Å². The van der Waals surface area contributed by atoms with Crippen LogP contribution in [0.3, 0.4) is 0 Å². The number of aliphatic hydroxyl groups is 1. The molecule has 120 valence electrons. The Hall–Kier alpha value is -1.63. The zero-order valence-corrected chi connectivity index (χ0v) is 12.8. The van der Waals surface area contributed by atoms with E-state index in [-0.39, 0.29) is 25.3 Å². The number of cyclic esters (lactones) is 1. The summed E-state index contributed by atoms with van der Waals surface area (Å²) in [5.41, 5.74) is 1.02. The summed E-state index contributed by atoms with van der Waals surface area (Å²) in [5.74, 6) is -0.776. The SMILES string of the molecule is CC1(C)O[C@H]([C@H]2COC(=O)N2Cc2ccccc2)[C@@H](CO)O1. The Morgan fingerprint density at radius 2 is 2.00 bits per heavy atom. The van der Waals surface area contributed by atoms with Crippen LogP contribution in [-0.4, -0.2) is 53.4 Å². The number of amides is 1. The summed E-state index contributed by atoms with van der Waals surface area (Å²) in [6.07, 6.45) is -1.23. The molecule has 6 nitrogen and oxygen atoms in total. The maximum atomic E-state index is 12.0. The predicted octanol–water partition coefficient (Wildman–Crippen LogP) is 1.52. The van der Waals surface area contributed by atoms with Crippen molar-refractivity contribution in [2.75, 3.05) is 13.2 Å². The second-order valence-corrected chi connectivity index (χ2v) is 6.08. The van der Waals surface area contributed by atoms with E-state index >= 15 is 0 Å². The van der Waals surface area contributed by atoms with E-state index in [1.807, 2.05) is 30.3 Å². The minimum Gasteiger partial charge on any atom is -0.447 e. The van der Waals surface area contributed by atoms with E-state index in [9.17, 15) is 9.90 Å². The lowest BCUT2D eigenvalue weighted by atomic mass is 10.1. The summed E-state index contributed by atoms with van der Waals surface area (Å²) in [6.45, 7) is 4.14. The van der Waals surface area contributed by atoms with Crippen LogP contribution in [-0.2, 0) is 20.8 Å². The molecule has 0 radical (unpaired) electrons. The van der Waals surface area contributed by atoms with Crippen LogP contribution in [0.15, 0.2) is 30.3 Å². The number of hydrogen-bond acceptors (Lipinski definition) is 5. The van der Waals surface area contributed by atoms with Crippen LogP contribution < -0.4 is 0 Å². The Kier molecular flexibility index (Phi) is 4.08. The highest BCUT2D eigenvalue weighted by atomic mass is 16.8. The van der Waals surface area contributed by atoms with Crippen molar-refractivity contribution in [2.24, 2.45) is 0 Å². The number of benzene rings is 1. The average molecular weight is 307 g/mol. The second-order valence-electron chi connectivity index (χ2n) is 6.08. The third-order valence-electron chi connectivity index (χ3n) is 3.99. The van der Waals surface area contributed by atoms with Crippen molar-refractivity contribution in [2.45, 2.75) is 44.4 Å². The van der Waals surface area contributed by atoms with Crippen LogP contribution in [0.25, 0.3) is 0 Å². The van der Waals surface area contributed by atoms with E-state index in [1.165, 1.54) is 0 Å². The number of ether oxygens (including phenoxy) is 3. The molecule has 1 aromatic rings. The minimum atomic E-state index is -0.776. The molecule has 0 aliphatic carbocycles. The summed E-state index contributed by atoms with van der Waals surface area (Å²) in [5, 5.41) is 9.52. The van der Waals surface area contributed by atoms with E-state index in [1.54, 1.807) is 18.7 Å². The van der Waals surface area contributed by atoms with Gasteiger partial charge in [0, 0.05) is 6.54 Å². The third-order valence-corrected chi connectivity index (χ3v) is 3.99. The van der Waals surface area contributed by atoms with Gasteiger partial charge in [0.05, 0.1) is 12.6 Å². The molecule has 2 aliphatic heterocycles. The first kappa shape index (κ1) is 15.3. The fraction of sp³-hybridized carbons (Fsp3) is 0.562. The summed E-state index contributed by atoms with van der Waals surface area (Å²) in [7, 11) is 0. The number of carbonyl (C=O) groups is 1. The fourth-order valence-electron chi connectivity index (χ4n) is 3.03. The van der Waals surface area contributed by atoms with Crippen LogP contribution in [0.1, 0.15) is 19.4 Å². The Balaban J connectivity index is 1.78. The largest absolute Gasteiger partial charge is 0.447 e. The molecule has 6 heteroatoms. The number of nitrogens with zero attached hydrogens (tertiary/aromatic N) is 1. The van der Waals surface area contributed by atoms with Crippen LogP contribution in [0.4, 0.5) is 4.79 Å². The van der Waals surface area contributed by atoms with E-state index in [0.717, 1.165) is 5.56 Å². The topological polar surface area (TPSA) is 68.2 Å². The van der Waals surface area contributed by atoms with Crippen LogP contribution >= 0.6 is 0 Å². The van der Waals surface area contributed by atoms with Crippen LogP contribution in [0, 0.1) is 0 Å². The Morgan fingerprint density at radius 3 is 2.68 bits per heavy atom. The molecule has 0 saturated carbocycles. The van der Waals surface area contributed by atoms with Gasteiger partial charge in [0.1, 0.15) is 18.8 Å². The zero-order chi connectivity index (χ0) is 15.7. The molecule has 0 unspecified atom stereocenters. The van der Waals surface area contributed by atoms with Crippen molar-refractivity contribution in [3.8, 4) is 0 Å². The van der Waals surface area contributed by atoms with Crippen molar-refractivity contribution >= 4 is 6.09 Å². The highest BCUT2D eigenvalue weighted by Gasteiger charge is 2.50. The minimum absolute atomic E-state index is 0.155. The zero-order valence-electron chi connectivity index (χ0n) is 12.8. The molecule has 2 aliphatic rings. The molecule has 3 atom stereocenters. The van der Waals surface area contributed by atoms with Gasteiger partial charge in [-0.3, -0.25) is 4.90 Å². The first-order chi connectivity index (χ1) is 10.5. The molecule has 0 spiro atoms. The van der Waals surface area contributed by atoms with E-state index in [0.29, 0.717) is 6.54 Å². The van der Waals surface area contributed by atoms with Gasteiger partial charge in [0.15, 0.2) is 5.79 Å².